The lowest BCUT2D eigenvalue weighted by Crippen LogP contribution is -2.42. The van der Waals surface area contributed by atoms with Crippen molar-refractivity contribution in [2.75, 3.05) is 0 Å². The van der Waals surface area contributed by atoms with Gasteiger partial charge in [0.15, 0.2) is 0 Å². The van der Waals surface area contributed by atoms with Crippen LogP contribution in [0.5, 0.6) is 0 Å². The zero-order valence-corrected chi connectivity index (χ0v) is 11.1. The van der Waals surface area contributed by atoms with Crippen LogP contribution in [0.25, 0.3) is 0 Å². The Morgan fingerprint density at radius 2 is 1.80 bits per heavy atom. The monoisotopic (exact) mass is 210 g/mol. The molecule has 0 fully saturated rings. The van der Waals surface area contributed by atoms with E-state index >= 15 is 0 Å². The molecule has 0 spiro atoms. The lowest BCUT2D eigenvalue weighted by molar-refractivity contribution is 0.241. The fourth-order valence-corrected chi connectivity index (χ4v) is 2.10. The van der Waals surface area contributed by atoms with Gasteiger partial charge >= 0.3 is 0 Å². The normalized spacial score (nSPS) is 27.6. The number of nitrogens with zero attached hydrogens (tertiary/aromatic N) is 1. The third kappa shape index (κ3) is 4.23. The van der Waals surface area contributed by atoms with E-state index in [1.807, 2.05) is 6.34 Å². The van der Waals surface area contributed by atoms with E-state index in [-0.39, 0.29) is 5.41 Å². The topological polar surface area (TPSA) is 24.4 Å². The van der Waals surface area contributed by atoms with Gasteiger partial charge in [-0.25, -0.2) is 0 Å². The molecule has 0 amide bonds. The second kappa shape index (κ2) is 4.15. The van der Waals surface area contributed by atoms with Crippen molar-refractivity contribution >= 4 is 6.34 Å². The van der Waals surface area contributed by atoms with E-state index in [0.717, 1.165) is 6.42 Å². The van der Waals surface area contributed by atoms with Crippen molar-refractivity contribution in [3.8, 4) is 0 Å². The van der Waals surface area contributed by atoms with Crippen LogP contribution in [0, 0.1) is 10.8 Å². The van der Waals surface area contributed by atoms with Gasteiger partial charge in [0.1, 0.15) is 0 Å². The minimum atomic E-state index is 0.286. The maximum absolute atomic E-state index is 4.54. The average molecular weight is 210 g/mol. The number of rotatable bonds is 1. The second-order valence-electron chi connectivity index (χ2n) is 7.02. The molecule has 2 nitrogen and oxygen atoms in total. The highest BCUT2D eigenvalue weighted by Crippen LogP contribution is 2.30. The summed E-state index contributed by atoms with van der Waals surface area (Å²) in [5.41, 5.74) is 0.681. The van der Waals surface area contributed by atoms with Crippen molar-refractivity contribution in [1.82, 2.24) is 5.32 Å². The molecule has 0 saturated carbocycles. The Bertz CT molecular complexity index is 230. The molecule has 0 radical (unpaired) electrons. The molecule has 1 N–H and O–H groups in total. The Labute approximate surface area is 94.6 Å². The van der Waals surface area contributed by atoms with Gasteiger partial charge in [0, 0.05) is 6.04 Å². The molecular formula is C13H26N2. The highest BCUT2D eigenvalue weighted by atomic mass is 15.0. The summed E-state index contributed by atoms with van der Waals surface area (Å²) in [4.78, 5) is 4.54. The van der Waals surface area contributed by atoms with Crippen LogP contribution in [0.1, 0.15) is 54.4 Å². The van der Waals surface area contributed by atoms with Crippen molar-refractivity contribution in [1.29, 1.82) is 0 Å². The Kier molecular flexibility index (Phi) is 3.47. The molecule has 2 atom stereocenters. The van der Waals surface area contributed by atoms with E-state index in [2.05, 4.69) is 51.9 Å². The van der Waals surface area contributed by atoms with E-state index in [0.29, 0.717) is 17.5 Å². The maximum Gasteiger partial charge on any atom is 0.0829 e. The molecule has 0 bridgehead atoms. The Morgan fingerprint density at radius 1 is 1.20 bits per heavy atom. The largest absolute Gasteiger partial charge is 0.374 e. The summed E-state index contributed by atoms with van der Waals surface area (Å²) in [5.74, 6) is 0. The average Bonchev–Trinajstić information content (AvgIpc) is 1.99. The van der Waals surface area contributed by atoms with Crippen LogP contribution >= 0.6 is 0 Å². The molecule has 2 heteroatoms. The van der Waals surface area contributed by atoms with E-state index in [9.17, 15) is 0 Å². The van der Waals surface area contributed by atoms with Gasteiger partial charge in [-0.2, -0.15) is 0 Å². The van der Waals surface area contributed by atoms with Crippen molar-refractivity contribution < 1.29 is 0 Å². The van der Waals surface area contributed by atoms with E-state index in [4.69, 9.17) is 0 Å². The molecule has 1 rings (SSSR count). The van der Waals surface area contributed by atoms with Gasteiger partial charge in [-0.3, -0.25) is 4.99 Å². The summed E-state index contributed by atoms with van der Waals surface area (Å²) in [6.07, 6.45) is 4.29. The third-order valence-corrected chi connectivity index (χ3v) is 2.93. The van der Waals surface area contributed by atoms with Crippen molar-refractivity contribution in [2.24, 2.45) is 15.8 Å². The maximum atomic E-state index is 4.54. The summed E-state index contributed by atoms with van der Waals surface area (Å²) in [5, 5.41) is 3.39. The Morgan fingerprint density at radius 3 is 2.27 bits per heavy atom. The van der Waals surface area contributed by atoms with Crippen LogP contribution < -0.4 is 5.32 Å². The van der Waals surface area contributed by atoms with E-state index in [1.165, 1.54) is 6.42 Å². The van der Waals surface area contributed by atoms with Crippen molar-refractivity contribution in [2.45, 2.75) is 66.5 Å². The van der Waals surface area contributed by atoms with Gasteiger partial charge < -0.3 is 5.32 Å². The Hall–Kier alpha value is -0.530. The van der Waals surface area contributed by atoms with Crippen LogP contribution in [0.4, 0.5) is 0 Å². The third-order valence-electron chi connectivity index (χ3n) is 2.93. The Balaban J connectivity index is 2.57. The van der Waals surface area contributed by atoms with Crippen LogP contribution in [-0.4, -0.2) is 18.4 Å². The van der Waals surface area contributed by atoms with Crippen molar-refractivity contribution in [3.63, 3.8) is 0 Å². The fraction of sp³-hybridized carbons (Fsp3) is 0.923. The van der Waals surface area contributed by atoms with Gasteiger partial charge in [0.25, 0.3) is 0 Å². The summed E-state index contributed by atoms with van der Waals surface area (Å²) >= 11 is 0. The summed E-state index contributed by atoms with van der Waals surface area (Å²) in [6, 6.07) is 1.05. The molecule has 0 aromatic carbocycles. The van der Waals surface area contributed by atoms with Gasteiger partial charge in [-0.05, 0) is 23.7 Å². The molecule has 1 aliphatic rings. The first-order chi connectivity index (χ1) is 6.68. The van der Waals surface area contributed by atoms with Gasteiger partial charge in [0.05, 0.1) is 12.4 Å². The SMILES string of the molecule is CC(C)(C)CC1CC(C(C)(C)C)N=CN1. The van der Waals surface area contributed by atoms with Gasteiger partial charge in [0.2, 0.25) is 0 Å². The van der Waals surface area contributed by atoms with E-state index in [1.54, 1.807) is 0 Å². The van der Waals surface area contributed by atoms with Gasteiger partial charge in [-0.15, -0.1) is 0 Å². The van der Waals surface area contributed by atoms with Gasteiger partial charge in [-0.1, -0.05) is 41.5 Å². The number of hydrogen-bond acceptors (Lipinski definition) is 2. The lowest BCUT2D eigenvalue weighted by atomic mass is 9.79. The molecule has 15 heavy (non-hydrogen) atoms. The second-order valence-corrected chi connectivity index (χ2v) is 7.02. The minimum Gasteiger partial charge on any atom is -0.374 e. The predicted molar refractivity (Wildman–Crippen MR) is 67.3 cm³/mol. The molecular weight excluding hydrogens is 184 g/mol. The standard InChI is InChI=1S/C13H26N2/c1-12(2,3)8-10-7-11(13(4,5)6)15-9-14-10/h9-11H,7-8H2,1-6H3,(H,14,15). The summed E-state index contributed by atoms with van der Waals surface area (Å²) in [7, 11) is 0. The zero-order valence-electron chi connectivity index (χ0n) is 11.1. The zero-order chi connectivity index (χ0) is 11.7. The van der Waals surface area contributed by atoms with Crippen molar-refractivity contribution in [3.05, 3.63) is 0 Å². The van der Waals surface area contributed by atoms with Crippen LogP contribution in [0.2, 0.25) is 0 Å². The molecule has 2 unspecified atom stereocenters. The molecule has 0 aromatic rings. The van der Waals surface area contributed by atoms with Crippen LogP contribution in [-0.2, 0) is 0 Å². The molecule has 0 aromatic heterocycles. The lowest BCUT2D eigenvalue weighted by Gasteiger charge is -2.36. The summed E-state index contributed by atoms with van der Waals surface area (Å²) < 4.78 is 0. The molecule has 0 saturated heterocycles. The van der Waals surface area contributed by atoms with Crippen LogP contribution in [0.15, 0.2) is 4.99 Å². The molecule has 88 valence electrons. The molecule has 1 heterocycles. The summed E-state index contributed by atoms with van der Waals surface area (Å²) in [6.45, 7) is 13.7. The number of aliphatic imine (C=N–C) groups is 1. The first-order valence-corrected chi connectivity index (χ1v) is 5.96. The highest BCUT2D eigenvalue weighted by Gasteiger charge is 2.30. The highest BCUT2D eigenvalue weighted by molar-refractivity contribution is 5.56. The first-order valence-electron chi connectivity index (χ1n) is 5.96. The number of hydrogen-bond donors (Lipinski definition) is 1. The smallest absolute Gasteiger partial charge is 0.0829 e. The fourth-order valence-electron chi connectivity index (χ4n) is 2.10. The predicted octanol–water partition coefficient (Wildman–Crippen LogP) is 3.23. The first kappa shape index (κ1) is 12.5. The quantitative estimate of drug-likeness (QED) is 0.706. The number of nitrogens with one attached hydrogen (secondary N) is 1. The van der Waals surface area contributed by atoms with E-state index < -0.39 is 0 Å². The minimum absolute atomic E-state index is 0.286. The van der Waals surface area contributed by atoms with Crippen LogP contribution in [0.3, 0.4) is 0 Å². The molecule has 0 aliphatic carbocycles. The molecule has 1 aliphatic heterocycles.